The van der Waals surface area contributed by atoms with Gasteiger partial charge in [-0.15, -0.1) is 11.3 Å². The predicted molar refractivity (Wildman–Crippen MR) is 95.5 cm³/mol. The minimum Gasteiger partial charge on any atom is -0.340 e. The monoisotopic (exact) mass is 342 g/mol. The van der Waals surface area contributed by atoms with E-state index in [1.807, 2.05) is 55.7 Å². The number of hydrogen-bond donors (Lipinski definition) is 0. The van der Waals surface area contributed by atoms with Gasteiger partial charge in [0.15, 0.2) is 0 Å². The Labute approximate surface area is 146 Å². The number of carbonyl (C=O) groups excluding carboxylic acids is 2. The molecule has 1 saturated heterocycles. The van der Waals surface area contributed by atoms with E-state index < -0.39 is 0 Å². The van der Waals surface area contributed by atoms with E-state index in [0.29, 0.717) is 26.1 Å². The Morgan fingerprint density at radius 3 is 2.71 bits per heavy atom. The second-order valence-corrected chi connectivity index (χ2v) is 7.47. The van der Waals surface area contributed by atoms with Crippen LogP contribution >= 0.6 is 11.3 Å². The molecular weight excluding hydrogens is 320 g/mol. The standard InChI is InChI=1S/C19H22N2O2S/c1-14-5-7-15(8-6-14)11-21-12-16(10-18(21)22)19(23)20(2)13-17-4-3-9-24-17/h3-9,16H,10-13H2,1-2H3. The molecule has 0 saturated carbocycles. The quantitative estimate of drug-likeness (QED) is 0.838. The van der Waals surface area contributed by atoms with Crippen LogP contribution in [0.1, 0.15) is 22.4 Å². The van der Waals surface area contributed by atoms with Crippen LogP contribution in [0.4, 0.5) is 0 Å². The third-order valence-electron chi connectivity index (χ3n) is 4.41. The molecule has 0 N–H and O–H groups in total. The van der Waals surface area contributed by atoms with E-state index in [0.717, 1.165) is 10.4 Å². The molecule has 2 amide bonds. The summed E-state index contributed by atoms with van der Waals surface area (Å²) in [6.45, 7) is 3.75. The maximum Gasteiger partial charge on any atom is 0.228 e. The van der Waals surface area contributed by atoms with Gasteiger partial charge in [-0.05, 0) is 23.9 Å². The Morgan fingerprint density at radius 1 is 1.29 bits per heavy atom. The topological polar surface area (TPSA) is 40.6 Å². The molecule has 4 nitrogen and oxygen atoms in total. The third kappa shape index (κ3) is 3.85. The summed E-state index contributed by atoms with van der Waals surface area (Å²) < 4.78 is 0. The van der Waals surface area contributed by atoms with Crippen LogP contribution in [0.2, 0.25) is 0 Å². The summed E-state index contributed by atoms with van der Waals surface area (Å²) in [5, 5.41) is 2.01. The van der Waals surface area contributed by atoms with Crippen LogP contribution in [0.15, 0.2) is 41.8 Å². The number of benzene rings is 1. The van der Waals surface area contributed by atoms with Crippen molar-refractivity contribution in [3.63, 3.8) is 0 Å². The average molecular weight is 342 g/mol. The van der Waals surface area contributed by atoms with Crippen LogP contribution in [0, 0.1) is 12.8 Å². The summed E-state index contributed by atoms with van der Waals surface area (Å²) in [4.78, 5) is 29.6. The molecule has 1 unspecified atom stereocenters. The largest absolute Gasteiger partial charge is 0.340 e. The molecule has 2 heterocycles. The van der Waals surface area contributed by atoms with Gasteiger partial charge in [0.2, 0.25) is 11.8 Å². The highest BCUT2D eigenvalue weighted by atomic mass is 32.1. The second-order valence-electron chi connectivity index (χ2n) is 6.43. The maximum atomic E-state index is 12.6. The molecule has 1 aromatic carbocycles. The van der Waals surface area contributed by atoms with Crippen LogP contribution < -0.4 is 0 Å². The van der Waals surface area contributed by atoms with Gasteiger partial charge in [0, 0.05) is 31.4 Å². The lowest BCUT2D eigenvalue weighted by Gasteiger charge is -2.21. The van der Waals surface area contributed by atoms with E-state index in [1.165, 1.54) is 5.56 Å². The zero-order valence-corrected chi connectivity index (χ0v) is 14.9. The first kappa shape index (κ1) is 16.7. The Hall–Kier alpha value is -2.14. The van der Waals surface area contributed by atoms with Crippen LogP contribution in [-0.2, 0) is 22.7 Å². The summed E-state index contributed by atoms with van der Waals surface area (Å²) in [5.41, 5.74) is 2.31. The minimum atomic E-state index is -0.229. The molecule has 0 spiro atoms. The maximum absolute atomic E-state index is 12.6. The first-order valence-corrected chi connectivity index (χ1v) is 9.01. The summed E-state index contributed by atoms with van der Waals surface area (Å²) in [5.74, 6) is -0.102. The number of carbonyl (C=O) groups is 2. The van der Waals surface area contributed by atoms with Crippen molar-refractivity contribution in [1.29, 1.82) is 0 Å². The molecule has 0 bridgehead atoms. The van der Waals surface area contributed by atoms with Crippen molar-refractivity contribution >= 4 is 23.2 Å². The van der Waals surface area contributed by atoms with Gasteiger partial charge in [-0.1, -0.05) is 35.9 Å². The lowest BCUT2D eigenvalue weighted by atomic mass is 10.1. The number of rotatable bonds is 5. The SMILES string of the molecule is Cc1ccc(CN2CC(C(=O)N(C)Cc3cccs3)CC2=O)cc1. The number of amides is 2. The van der Waals surface area contributed by atoms with Crippen molar-refractivity contribution in [2.75, 3.05) is 13.6 Å². The minimum absolute atomic E-state index is 0.0585. The molecular formula is C19H22N2O2S. The Bertz CT molecular complexity index is 709. The van der Waals surface area contributed by atoms with E-state index >= 15 is 0 Å². The summed E-state index contributed by atoms with van der Waals surface area (Å²) >= 11 is 1.64. The van der Waals surface area contributed by atoms with Crippen molar-refractivity contribution in [2.24, 2.45) is 5.92 Å². The Kier molecular flexibility index (Phi) is 5.00. The molecule has 1 aliphatic heterocycles. The predicted octanol–water partition coefficient (Wildman–Crippen LogP) is 3.06. The van der Waals surface area contributed by atoms with Gasteiger partial charge in [-0.25, -0.2) is 0 Å². The van der Waals surface area contributed by atoms with E-state index in [9.17, 15) is 9.59 Å². The van der Waals surface area contributed by atoms with E-state index in [-0.39, 0.29) is 17.7 Å². The second kappa shape index (κ2) is 7.18. The Balaban J connectivity index is 1.59. The normalized spacial score (nSPS) is 17.3. The van der Waals surface area contributed by atoms with Gasteiger partial charge in [0.25, 0.3) is 0 Å². The van der Waals surface area contributed by atoms with Gasteiger partial charge in [-0.3, -0.25) is 9.59 Å². The summed E-state index contributed by atoms with van der Waals surface area (Å²) in [6.07, 6.45) is 0.319. The van der Waals surface area contributed by atoms with Gasteiger partial charge in [0.1, 0.15) is 0 Å². The highest BCUT2D eigenvalue weighted by molar-refractivity contribution is 7.09. The molecule has 1 aromatic heterocycles. The number of nitrogens with zero attached hydrogens (tertiary/aromatic N) is 2. The van der Waals surface area contributed by atoms with Crippen LogP contribution in [0.3, 0.4) is 0 Å². The van der Waals surface area contributed by atoms with Crippen molar-refractivity contribution < 1.29 is 9.59 Å². The molecule has 0 aliphatic carbocycles. The van der Waals surface area contributed by atoms with Crippen molar-refractivity contribution in [2.45, 2.75) is 26.4 Å². The van der Waals surface area contributed by atoms with E-state index in [1.54, 1.807) is 21.1 Å². The molecule has 2 aromatic rings. The zero-order valence-electron chi connectivity index (χ0n) is 14.1. The lowest BCUT2D eigenvalue weighted by molar-refractivity contribution is -0.135. The van der Waals surface area contributed by atoms with Gasteiger partial charge >= 0.3 is 0 Å². The fourth-order valence-corrected chi connectivity index (χ4v) is 3.79. The van der Waals surface area contributed by atoms with Gasteiger partial charge in [-0.2, -0.15) is 0 Å². The van der Waals surface area contributed by atoms with Crippen molar-refractivity contribution in [1.82, 2.24) is 9.80 Å². The van der Waals surface area contributed by atoms with Crippen molar-refractivity contribution in [3.8, 4) is 0 Å². The zero-order chi connectivity index (χ0) is 17.1. The van der Waals surface area contributed by atoms with E-state index in [2.05, 4.69) is 0 Å². The molecule has 126 valence electrons. The molecule has 1 fully saturated rings. The number of aryl methyl sites for hydroxylation is 1. The molecule has 5 heteroatoms. The number of thiophene rings is 1. The van der Waals surface area contributed by atoms with E-state index in [4.69, 9.17) is 0 Å². The fourth-order valence-electron chi connectivity index (χ4n) is 3.03. The highest BCUT2D eigenvalue weighted by Gasteiger charge is 2.35. The lowest BCUT2D eigenvalue weighted by Crippen LogP contribution is -2.34. The van der Waals surface area contributed by atoms with Crippen LogP contribution in [0.25, 0.3) is 0 Å². The highest BCUT2D eigenvalue weighted by Crippen LogP contribution is 2.23. The van der Waals surface area contributed by atoms with Crippen molar-refractivity contribution in [3.05, 3.63) is 57.8 Å². The molecule has 3 rings (SSSR count). The molecule has 1 aliphatic rings. The average Bonchev–Trinajstić information content (AvgIpc) is 3.19. The molecule has 24 heavy (non-hydrogen) atoms. The smallest absolute Gasteiger partial charge is 0.228 e. The first-order chi connectivity index (χ1) is 11.5. The molecule has 0 radical (unpaired) electrons. The van der Waals surface area contributed by atoms with Gasteiger partial charge < -0.3 is 9.80 Å². The molecule has 1 atom stereocenters. The summed E-state index contributed by atoms with van der Waals surface area (Å²) in [6, 6.07) is 12.2. The first-order valence-electron chi connectivity index (χ1n) is 8.13. The van der Waals surface area contributed by atoms with Crippen LogP contribution in [-0.4, -0.2) is 35.2 Å². The number of hydrogen-bond acceptors (Lipinski definition) is 3. The van der Waals surface area contributed by atoms with Crippen LogP contribution in [0.5, 0.6) is 0 Å². The van der Waals surface area contributed by atoms with Gasteiger partial charge in [0.05, 0.1) is 12.5 Å². The Morgan fingerprint density at radius 2 is 2.04 bits per heavy atom. The number of likely N-dealkylation sites (tertiary alicyclic amines) is 1. The fraction of sp³-hybridized carbons (Fsp3) is 0.368. The summed E-state index contributed by atoms with van der Waals surface area (Å²) in [7, 11) is 1.81. The third-order valence-corrected chi connectivity index (χ3v) is 5.27.